The lowest BCUT2D eigenvalue weighted by Gasteiger charge is -2.15. The molecule has 3 aromatic carbocycles. The molecule has 0 saturated carbocycles. The highest BCUT2D eigenvalue weighted by Crippen LogP contribution is 2.37. The van der Waals surface area contributed by atoms with Gasteiger partial charge in [-0.05, 0) is 66.1 Å². The highest BCUT2D eigenvalue weighted by Gasteiger charge is 2.32. The highest BCUT2D eigenvalue weighted by molar-refractivity contribution is 8.26. The second-order valence-electron chi connectivity index (χ2n) is 8.52. The molecule has 1 N–H and O–H groups in total. The van der Waals surface area contributed by atoms with Gasteiger partial charge in [0.1, 0.15) is 4.32 Å². The Morgan fingerprint density at radius 2 is 1.90 bits per heavy atom. The third kappa shape index (κ3) is 6.78. The van der Waals surface area contributed by atoms with Crippen LogP contribution in [0.25, 0.3) is 17.2 Å². The number of nitrogens with zero attached hydrogens (tertiary/aromatic N) is 1. The molecule has 0 atom stereocenters. The highest BCUT2D eigenvalue weighted by atomic mass is 35.5. The lowest BCUT2D eigenvalue weighted by atomic mass is 10.0. The number of hydrogen-bond acceptors (Lipinski definition) is 6. The number of halogens is 4. The van der Waals surface area contributed by atoms with Gasteiger partial charge in [0.25, 0.3) is 5.91 Å². The number of hydrogen-bond donors (Lipinski definition) is 1. The molecular weight excluding hydrogens is 587 g/mol. The van der Waals surface area contributed by atoms with E-state index < -0.39 is 17.7 Å². The van der Waals surface area contributed by atoms with Gasteiger partial charge < -0.3 is 14.6 Å². The maximum Gasteiger partial charge on any atom is 0.416 e. The van der Waals surface area contributed by atoms with Crippen LogP contribution in [-0.2, 0) is 11.0 Å². The first-order chi connectivity index (χ1) is 19.0. The van der Waals surface area contributed by atoms with Crippen LogP contribution in [0.5, 0.6) is 11.5 Å². The fourth-order valence-electron chi connectivity index (χ4n) is 3.89. The Morgan fingerprint density at radius 1 is 1.12 bits per heavy atom. The molecule has 0 spiro atoms. The Bertz CT molecular complexity index is 1510. The van der Waals surface area contributed by atoms with Gasteiger partial charge in [0.05, 0.1) is 29.7 Å². The lowest BCUT2D eigenvalue weighted by Crippen LogP contribution is -2.29. The second-order valence-corrected chi connectivity index (χ2v) is 10.6. The number of carboxylic acid groups (broad SMARTS) is 1. The summed E-state index contributed by atoms with van der Waals surface area (Å²) in [5.74, 6) is -0.722. The maximum atomic E-state index is 13.2. The van der Waals surface area contributed by atoms with E-state index in [4.69, 9.17) is 38.4 Å². The zero-order valence-corrected chi connectivity index (χ0v) is 23.2. The molecule has 0 bridgehead atoms. The number of benzene rings is 3. The quantitative estimate of drug-likeness (QED) is 0.154. The summed E-state index contributed by atoms with van der Waals surface area (Å²) in [5, 5.41) is 9.29. The first-order valence-electron chi connectivity index (χ1n) is 11.7. The average Bonchev–Trinajstić information content (AvgIpc) is 3.17. The number of rotatable bonds is 9. The molecule has 0 aliphatic carbocycles. The Labute approximate surface area is 242 Å². The van der Waals surface area contributed by atoms with Gasteiger partial charge in [0.2, 0.25) is 0 Å². The number of aromatic carboxylic acids is 1. The number of methoxy groups -OCH3 is 1. The standard InChI is InChI=1S/C28H21ClF3NO5S2/c1-37-23-14-18(26(35)36)6-9-22(23)38-11-3-10-33-25(34)24(40-27(33)39)13-16-4-2-5-17(12-16)20-15-19(28(30,31)32)7-8-21(20)29/h2,4-9,12-15H,3,10-11H2,1H3,(H,35,36). The van der Waals surface area contributed by atoms with E-state index in [9.17, 15) is 22.8 Å². The van der Waals surface area contributed by atoms with Crippen molar-refractivity contribution in [3.63, 3.8) is 0 Å². The number of carbonyl (C=O) groups excluding carboxylic acids is 1. The molecule has 0 unspecified atom stereocenters. The van der Waals surface area contributed by atoms with Crippen LogP contribution in [0, 0.1) is 0 Å². The van der Waals surface area contributed by atoms with Crippen molar-refractivity contribution in [1.82, 2.24) is 4.90 Å². The Kier molecular flexibility index (Phi) is 9.07. The maximum absolute atomic E-state index is 13.2. The van der Waals surface area contributed by atoms with Crippen LogP contribution < -0.4 is 9.47 Å². The predicted molar refractivity (Wildman–Crippen MR) is 152 cm³/mol. The van der Waals surface area contributed by atoms with Crippen molar-refractivity contribution in [3.05, 3.63) is 87.3 Å². The Balaban J connectivity index is 1.42. The number of carboxylic acids is 1. The molecule has 1 amide bonds. The summed E-state index contributed by atoms with van der Waals surface area (Å²) < 4.78 is 50.9. The van der Waals surface area contributed by atoms with Crippen LogP contribution in [0.3, 0.4) is 0 Å². The third-order valence-electron chi connectivity index (χ3n) is 5.86. The molecule has 1 fully saturated rings. The van der Waals surface area contributed by atoms with Crippen LogP contribution in [0.2, 0.25) is 5.02 Å². The van der Waals surface area contributed by atoms with Crippen LogP contribution in [-0.4, -0.2) is 46.5 Å². The lowest BCUT2D eigenvalue weighted by molar-refractivity contribution is -0.137. The minimum Gasteiger partial charge on any atom is -0.493 e. The van der Waals surface area contributed by atoms with Crippen molar-refractivity contribution in [2.45, 2.75) is 12.6 Å². The van der Waals surface area contributed by atoms with E-state index in [-0.39, 0.29) is 41.0 Å². The third-order valence-corrected chi connectivity index (χ3v) is 7.56. The minimum absolute atomic E-state index is 0.0667. The normalized spacial score (nSPS) is 14.6. The smallest absolute Gasteiger partial charge is 0.416 e. The molecule has 3 aromatic rings. The first kappa shape index (κ1) is 29.4. The summed E-state index contributed by atoms with van der Waals surface area (Å²) in [6, 6.07) is 14.1. The molecular formula is C28H21ClF3NO5S2. The van der Waals surface area contributed by atoms with Crippen molar-refractivity contribution in [3.8, 4) is 22.6 Å². The summed E-state index contributed by atoms with van der Waals surface area (Å²) in [6.07, 6.45) is -2.43. The van der Waals surface area contributed by atoms with Crippen LogP contribution >= 0.6 is 35.6 Å². The van der Waals surface area contributed by atoms with Gasteiger partial charge in [0, 0.05) is 17.1 Å². The zero-order valence-electron chi connectivity index (χ0n) is 20.8. The summed E-state index contributed by atoms with van der Waals surface area (Å²) in [6.45, 7) is 0.510. The van der Waals surface area contributed by atoms with Crippen molar-refractivity contribution in [2.24, 2.45) is 0 Å². The van der Waals surface area contributed by atoms with Crippen molar-refractivity contribution in [2.75, 3.05) is 20.3 Å². The van der Waals surface area contributed by atoms with E-state index >= 15 is 0 Å². The van der Waals surface area contributed by atoms with Gasteiger partial charge in [-0.3, -0.25) is 9.69 Å². The molecule has 1 aliphatic rings. The summed E-state index contributed by atoms with van der Waals surface area (Å²) in [7, 11) is 1.41. The fourth-order valence-corrected chi connectivity index (χ4v) is 5.42. The molecule has 1 aliphatic heterocycles. The summed E-state index contributed by atoms with van der Waals surface area (Å²) >= 11 is 12.7. The second kappa shape index (κ2) is 12.3. The van der Waals surface area contributed by atoms with E-state index in [1.165, 1.54) is 36.3 Å². The van der Waals surface area contributed by atoms with Gasteiger partial charge in [-0.15, -0.1) is 0 Å². The molecule has 1 saturated heterocycles. The Hall–Kier alpha value is -3.54. The topological polar surface area (TPSA) is 76.1 Å². The van der Waals surface area contributed by atoms with Crippen LogP contribution in [0.15, 0.2) is 65.6 Å². The molecule has 1 heterocycles. The minimum atomic E-state index is -4.51. The van der Waals surface area contributed by atoms with Gasteiger partial charge in [-0.1, -0.05) is 53.8 Å². The fraction of sp³-hybridized carbons (Fsp3) is 0.179. The van der Waals surface area contributed by atoms with Crippen LogP contribution in [0.1, 0.15) is 27.9 Å². The Morgan fingerprint density at radius 3 is 2.60 bits per heavy atom. The number of carbonyl (C=O) groups is 2. The van der Waals surface area contributed by atoms with Crippen molar-refractivity contribution in [1.29, 1.82) is 0 Å². The van der Waals surface area contributed by atoms with E-state index in [0.717, 1.165) is 23.9 Å². The molecule has 0 radical (unpaired) electrons. The number of ether oxygens (including phenoxy) is 2. The predicted octanol–water partition coefficient (Wildman–Crippen LogP) is 7.40. The van der Waals surface area contributed by atoms with Gasteiger partial charge in [0.15, 0.2) is 11.5 Å². The molecule has 0 aromatic heterocycles. The number of thiocarbonyl (C=S) groups is 1. The number of alkyl halides is 3. The molecule has 208 valence electrons. The van der Waals surface area contributed by atoms with Gasteiger partial charge in [-0.2, -0.15) is 13.2 Å². The molecule has 6 nitrogen and oxygen atoms in total. The zero-order chi connectivity index (χ0) is 29.0. The molecule has 40 heavy (non-hydrogen) atoms. The van der Waals surface area contributed by atoms with E-state index in [1.807, 2.05) is 0 Å². The van der Waals surface area contributed by atoms with E-state index in [0.29, 0.717) is 32.5 Å². The number of thioether (sulfide) groups is 1. The largest absolute Gasteiger partial charge is 0.493 e. The van der Waals surface area contributed by atoms with Gasteiger partial charge in [-0.25, -0.2) is 4.79 Å². The number of amides is 1. The van der Waals surface area contributed by atoms with Crippen molar-refractivity contribution < 1.29 is 37.3 Å². The first-order valence-corrected chi connectivity index (χ1v) is 13.3. The van der Waals surface area contributed by atoms with E-state index in [2.05, 4.69) is 0 Å². The van der Waals surface area contributed by atoms with Gasteiger partial charge >= 0.3 is 12.1 Å². The van der Waals surface area contributed by atoms with E-state index in [1.54, 1.807) is 30.3 Å². The van der Waals surface area contributed by atoms with Crippen LogP contribution in [0.4, 0.5) is 13.2 Å². The molecule has 4 rings (SSSR count). The summed E-state index contributed by atoms with van der Waals surface area (Å²) in [5.41, 5.74) is 0.569. The SMILES string of the molecule is COc1cc(C(=O)O)ccc1OCCCN1C(=O)C(=Cc2cccc(-c3cc(C(F)(F)F)ccc3Cl)c2)SC1=S. The average molecular weight is 608 g/mol. The monoisotopic (exact) mass is 607 g/mol. The van der Waals surface area contributed by atoms with Crippen molar-refractivity contribution >= 4 is 57.9 Å². The molecule has 12 heteroatoms. The summed E-state index contributed by atoms with van der Waals surface area (Å²) in [4.78, 5) is 26.0.